The van der Waals surface area contributed by atoms with Crippen LogP contribution in [0.3, 0.4) is 0 Å². The quantitative estimate of drug-likeness (QED) is 0.560. The summed E-state index contributed by atoms with van der Waals surface area (Å²) in [6, 6.07) is 5.02. The topological polar surface area (TPSA) is 93.3 Å². The van der Waals surface area contributed by atoms with Crippen molar-refractivity contribution in [2.45, 2.75) is 72.0 Å². The molecule has 0 bridgehead atoms. The summed E-state index contributed by atoms with van der Waals surface area (Å²) >= 11 is 0. The fraction of sp³-hybridized carbons (Fsp3) is 0.545. The van der Waals surface area contributed by atoms with E-state index in [1.54, 1.807) is 19.1 Å². The molecule has 30 heavy (non-hydrogen) atoms. The second-order valence-corrected chi connectivity index (χ2v) is 7.66. The number of esters is 1. The molecule has 162 valence electrons. The minimum atomic E-state index is -0.448. The zero-order valence-electron chi connectivity index (χ0n) is 18.0. The highest BCUT2D eigenvalue weighted by atomic mass is 16.5. The summed E-state index contributed by atoms with van der Waals surface area (Å²) in [6.45, 7) is 6.70. The van der Waals surface area contributed by atoms with E-state index in [2.05, 4.69) is 15.2 Å². The van der Waals surface area contributed by atoms with Crippen LogP contribution in [0.2, 0.25) is 0 Å². The lowest BCUT2D eigenvalue weighted by atomic mass is 9.96. The second kappa shape index (κ2) is 9.73. The van der Waals surface area contributed by atoms with Crippen molar-refractivity contribution >= 4 is 28.9 Å². The van der Waals surface area contributed by atoms with Crippen molar-refractivity contribution < 1.29 is 23.7 Å². The number of imidazole rings is 1. The van der Waals surface area contributed by atoms with Gasteiger partial charge in [-0.3, -0.25) is 10.1 Å². The number of imide groups is 1. The van der Waals surface area contributed by atoms with Crippen LogP contribution in [0.5, 0.6) is 0 Å². The molecule has 0 atom stereocenters. The van der Waals surface area contributed by atoms with Crippen LogP contribution in [0.4, 0.5) is 4.79 Å². The van der Waals surface area contributed by atoms with E-state index in [1.165, 1.54) is 6.42 Å². The van der Waals surface area contributed by atoms with Gasteiger partial charge in [0.15, 0.2) is 17.6 Å². The van der Waals surface area contributed by atoms with E-state index in [4.69, 9.17) is 4.74 Å². The Hall–Kier alpha value is -2.90. The molecule has 1 saturated carbocycles. The van der Waals surface area contributed by atoms with Crippen molar-refractivity contribution in [1.82, 2.24) is 15.2 Å². The average molecular weight is 416 g/mol. The minimum Gasteiger partial charge on any atom is -0.462 e. The molecule has 1 aliphatic carbocycles. The largest absolute Gasteiger partial charge is 0.462 e. The van der Waals surface area contributed by atoms with Gasteiger partial charge in [0.05, 0.1) is 18.7 Å². The van der Waals surface area contributed by atoms with E-state index in [0.29, 0.717) is 12.2 Å². The summed E-state index contributed by atoms with van der Waals surface area (Å²) in [5, 5.41) is 5.34. The lowest BCUT2D eigenvalue weighted by molar-refractivity contribution is -0.674. The molecule has 8 heteroatoms. The molecule has 8 nitrogen and oxygen atoms in total. The van der Waals surface area contributed by atoms with E-state index >= 15 is 0 Å². The van der Waals surface area contributed by atoms with Gasteiger partial charge in [-0.15, -0.1) is 0 Å². The zero-order valence-corrected chi connectivity index (χ0v) is 18.0. The van der Waals surface area contributed by atoms with Crippen LogP contribution in [0.15, 0.2) is 18.2 Å². The summed E-state index contributed by atoms with van der Waals surface area (Å²) in [6.07, 6.45) is 5.32. The first-order chi connectivity index (χ1) is 14.4. The van der Waals surface area contributed by atoms with Gasteiger partial charge in [-0.1, -0.05) is 19.3 Å². The maximum Gasteiger partial charge on any atom is 0.338 e. The third kappa shape index (κ3) is 4.80. The summed E-state index contributed by atoms with van der Waals surface area (Å²) in [7, 11) is 0. The molecule has 1 aromatic carbocycles. The van der Waals surface area contributed by atoms with Crippen molar-refractivity contribution in [3.63, 3.8) is 0 Å². The van der Waals surface area contributed by atoms with Crippen LogP contribution < -0.4 is 15.2 Å². The number of carbonyl (C=O) groups is 3. The number of benzene rings is 1. The van der Waals surface area contributed by atoms with Crippen LogP contribution in [0, 0.1) is 6.92 Å². The molecule has 1 fully saturated rings. The third-order valence-corrected chi connectivity index (χ3v) is 5.66. The molecule has 1 aliphatic rings. The number of aryl methyl sites for hydroxylation is 1. The fourth-order valence-electron chi connectivity index (χ4n) is 4.18. The van der Waals surface area contributed by atoms with Crippen LogP contribution in [0.25, 0.3) is 11.0 Å². The highest BCUT2D eigenvalue weighted by Gasteiger charge is 2.25. The van der Waals surface area contributed by atoms with Crippen molar-refractivity contribution in [3.05, 3.63) is 29.6 Å². The second-order valence-electron chi connectivity index (χ2n) is 7.66. The van der Waals surface area contributed by atoms with Gasteiger partial charge < -0.3 is 10.1 Å². The summed E-state index contributed by atoms with van der Waals surface area (Å²) < 4.78 is 8.99. The number of rotatable bonds is 6. The maximum absolute atomic E-state index is 12.6. The van der Waals surface area contributed by atoms with Crippen LogP contribution in [-0.4, -0.2) is 35.1 Å². The standard InChI is InChI=1S/C22H30N4O4/c1-4-25-15(3)26(19-13-16(11-12-18(19)25)21(28)30-5-2)14-20(27)24-22(29)23-17-9-7-6-8-10-17/h11-13,17H,4-10,14H2,1-3H3,(H-,23,24,27,29)/p+1. The Bertz CT molecular complexity index is 944. The van der Waals surface area contributed by atoms with Crippen molar-refractivity contribution in [2.75, 3.05) is 6.61 Å². The Kier molecular flexibility index (Phi) is 7.07. The summed E-state index contributed by atoms with van der Waals surface area (Å²) in [5.74, 6) is 0.0774. The van der Waals surface area contributed by atoms with Crippen molar-refractivity contribution in [3.8, 4) is 0 Å². The van der Waals surface area contributed by atoms with Gasteiger partial charge in [-0.25, -0.2) is 18.7 Å². The highest BCUT2D eigenvalue weighted by molar-refractivity contribution is 5.96. The number of amides is 3. The molecule has 0 unspecified atom stereocenters. The Morgan fingerprint density at radius 1 is 1.17 bits per heavy atom. The molecular formula is C22H31N4O4+. The Morgan fingerprint density at radius 3 is 2.57 bits per heavy atom. The number of fused-ring (bicyclic) bond motifs is 1. The molecule has 0 spiro atoms. The fourth-order valence-corrected chi connectivity index (χ4v) is 4.18. The van der Waals surface area contributed by atoms with E-state index in [1.807, 2.05) is 24.5 Å². The third-order valence-electron chi connectivity index (χ3n) is 5.66. The normalized spacial score (nSPS) is 14.5. The lowest BCUT2D eigenvalue weighted by Gasteiger charge is -2.22. The molecule has 2 aromatic rings. The molecule has 3 rings (SSSR count). The van der Waals surface area contributed by atoms with Gasteiger partial charge in [-0.05, 0) is 38.8 Å². The summed E-state index contributed by atoms with van der Waals surface area (Å²) in [4.78, 5) is 37.0. The molecule has 0 aliphatic heterocycles. The first-order valence-electron chi connectivity index (χ1n) is 10.7. The van der Waals surface area contributed by atoms with Crippen LogP contribution >= 0.6 is 0 Å². The van der Waals surface area contributed by atoms with Crippen molar-refractivity contribution in [2.24, 2.45) is 0 Å². The highest BCUT2D eigenvalue weighted by Crippen LogP contribution is 2.18. The molecule has 1 heterocycles. The predicted octanol–water partition coefficient (Wildman–Crippen LogP) is 2.59. The van der Waals surface area contributed by atoms with E-state index < -0.39 is 17.9 Å². The number of urea groups is 1. The Labute approximate surface area is 176 Å². The smallest absolute Gasteiger partial charge is 0.338 e. The van der Waals surface area contributed by atoms with Gasteiger partial charge in [0.1, 0.15) is 0 Å². The number of carbonyl (C=O) groups excluding carboxylic acids is 3. The number of nitrogens with zero attached hydrogens (tertiary/aromatic N) is 2. The molecule has 1 aromatic heterocycles. The maximum atomic E-state index is 12.6. The van der Waals surface area contributed by atoms with E-state index in [9.17, 15) is 14.4 Å². The molecule has 2 N–H and O–H groups in total. The first-order valence-corrected chi connectivity index (χ1v) is 10.7. The van der Waals surface area contributed by atoms with Gasteiger partial charge in [0.2, 0.25) is 0 Å². The van der Waals surface area contributed by atoms with Crippen LogP contribution in [-0.2, 0) is 22.6 Å². The van der Waals surface area contributed by atoms with Gasteiger partial charge in [0.25, 0.3) is 11.7 Å². The predicted molar refractivity (Wildman–Crippen MR) is 112 cm³/mol. The molecule has 3 amide bonds. The number of aromatic nitrogens is 2. The molecule has 0 saturated heterocycles. The number of nitrogens with one attached hydrogen (secondary N) is 2. The number of hydrogen-bond donors (Lipinski definition) is 2. The van der Waals surface area contributed by atoms with Crippen molar-refractivity contribution in [1.29, 1.82) is 0 Å². The van der Waals surface area contributed by atoms with E-state index in [-0.39, 0.29) is 12.6 Å². The SMILES string of the molecule is CCOC(=O)c1ccc2c(c1)n(CC(=O)NC(=O)NC1CCCCC1)c(C)[n+]2CC. The van der Waals surface area contributed by atoms with Gasteiger partial charge in [0, 0.05) is 19.0 Å². The summed E-state index contributed by atoms with van der Waals surface area (Å²) in [5.41, 5.74) is 2.10. The van der Waals surface area contributed by atoms with Gasteiger partial charge >= 0.3 is 12.0 Å². The number of ether oxygens (including phenoxy) is 1. The Balaban J connectivity index is 1.78. The van der Waals surface area contributed by atoms with E-state index in [0.717, 1.165) is 49.1 Å². The molecular weight excluding hydrogens is 384 g/mol. The lowest BCUT2D eigenvalue weighted by Crippen LogP contribution is -2.46. The first kappa shape index (κ1) is 21.8. The monoisotopic (exact) mass is 415 g/mol. The average Bonchev–Trinajstić information content (AvgIpc) is 2.99. The number of hydrogen-bond acceptors (Lipinski definition) is 4. The van der Waals surface area contributed by atoms with Crippen LogP contribution in [0.1, 0.15) is 62.1 Å². The zero-order chi connectivity index (χ0) is 21.7. The Morgan fingerprint density at radius 2 is 1.90 bits per heavy atom. The minimum absolute atomic E-state index is 0.0142. The molecule has 0 radical (unpaired) electrons. The van der Waals surface area contributed by atoms with Gasteiger partial charge in [-0.2, -0.15) is 0 Å².